The molecule has 0 heterocycles. The van der Waals surface area contributed by atoms with Gasteiger partial charge in [0.2, 0.25) is 5.96 Å². The van der Waals surface area contributed by atoms with E-state index in [0.717, 1.165) is 0 Å². The van der Waals surface area contributed by atoms with Crippen LogP contribution < -0.4 is 11.5 Å². The minimum absolute atomic E-state index is 0.0370. The van der Waals surface area contributed by atoms with Crippen molar-refractivity contribution in [2.24, 2.45) is 16.5 Å². The highest BCUT2D eigenvalue weighted by Crippen LogP contribution is 2.18. The standard InChI is InChI=1S/C20H28N4O7/c1-19(2,3)30-17(28)24(18(29)31-20(4,5)6)16(22)23-12-9-7-8-11(10-12)14(25)13(21)15(26)27/h7-10,13H,21H2,1-6H3,(H2,22,23)(H,26,27). The van der Waals surface area contributed by atoms with Crippen molar-refractivity contribution in [1.29, 1.82) is 0 Å². The number of carboxylic acid groups (broad SMARTS) is 1. The molecule has 0 bridgehead atoms. The molecule has 1 aromatic rings. The molecule has 0 fully saturated rings. The summed E-state index contributed by atoms with van der Waals surface area (Å²) in [6.07, 6.45) is -2.22. The lowest BCUT2D eigenvalue weighted by molar-refractivity contribution is -0.137. The van der Waals surface area contributed by atoms with Crippen LogP contribution in [0.25, 0.3) is 0 Å². The molecule has 0 aromatic heterocycles. The van der Waals surface area contributed by atoms with Crippen molar-refractivity contribution in [2.75, 3.05) is 0 Å². The van der Waals surface area contributed by atoms with Gasteiger partial charge < -0.3 is 26.0 Å². The van der Waals surface area contributed by atoms with Crippen molar-refractivity contribution < 1.29 is 33.8 Å². The zero-order valence-electron chi connectivity index (χ0n) is 18.3. The number of aliphatic carboxylic acids is 1. The fraction of sp³-hybridized carbons (Fsp3) is 0.450. The van der Waals surface area contributed by atoms with Gasteiger partial charge in [-0.1, -0.05) is 12.1 Å². The van der Waals surface area contributed by atoms with Crippen LogP contribution in [-0.4, -0.2) is 57.1 Å². The van der Waals surface area contributed by atoms with Crippen LogP contribution in [0.5, 0.6) is 0 Å². The van der Waals surface area contributed by atoms with Crippen molar-refractivity contribution in [2.45, 2.75) is 58.8 Å². The number of guanidine groups is 1. The van der Waals surface area contributed by atoms with Gasteiger partial charge in [0.25, 0.3) is 0 Å². The Labute approximate surface area is 180 Å². The third-order valence-corrected chi connectivity index (χ3v) is 3.30. The summed E-state index contributed by atoms with van der Waals surface area (Å²) < 4.78 is 10.4. The monoisotopic (exact) mass is 436 g/mol. The lowest BCUT2D eigenvalue weighted by Gasteiger charge is -2.27. The molecule has 1 aromatic carbocycles. The van der Waals surface area contributed by atoms with Crippen LogP contribution in [0.15, 0.2) is 29.3 Å². The number of hydrogen-bond donors (Lipinski definition) is 3. The molecular formula is C20H28N4O7. The number of nitrogens with two attached hydrogens (primary N) is 2. The molecule has 5 N–H and O–H groups in total. The zero-order chi connectivity index (χ0) is 24.1. The number of hydrogen-bond acceptors (Lipinski definition) is 8. The summed E-state index contributed by atoms with van der Waals surface area (Å²) in [5, 5.41) is 8.91. The van der Waals surface area contributed by atoms with Crippen molar-refractivity contribution in [1.82, 2.24) is 4.90 Å². The zero-order valence-corrected chi connectivity index (χ0v) is 18.3. The van der Waals surface area contributed by atoms with Crippen LogP contribution in [0.4, 0.5) is 15.3 Å². The van der Waals surface area contributed by atoms with Gasteiger partial charge in [-0.05, 0) is 53.7 Å². The molecule has 0 spiro atoms. The van der Waals surface area contributed by atoms with Gasteiger partial charge in [-0.15, -0.1) is 4.90 Å². The number of amides is 2. The smallest absolute Gasteiger partial charge is 0.427 e. The Hall–Kier alpha value is -3.47. The van der Waals surface area contributed by atoms with E-state index in [1.807, 2.05) is 0 Å². The van der Waals surface area contributed by atoms with Crippen molar-refractivity contribution in [3.63, 3.8) is 0 Å². The number of rotatable bonds is 4. The molecule has 31 heavy (non-hydrogen) atoms. The number of benzene rings is 1. The maximum atomic E-state index is 12.6. The summed E-state index contributed by atoms with van der Waals surface area (Å²) in [4.78, 5) is 52.6. The van der Waals surface area contributed by atoms with Crippen molar-refractivity contribution >= 4 is 35.6 Å². The molecule has 0 radical (unpaired) electrons. The Bertz CT molecular complexity index is 870. The first-order chi connectivity index (χ1) is 14.0. The van der Waals surface area contributed by atoms with E-state index in [2.05, 4.69) is 4.99 Å². The topological polar surface area (TPSA) is 175 Å². The largest absolute Gasteiger partial charge is 0.480 e. The second kappa shape index (κ2) is 9.56. The number of ether oxygens (including phenoxy) is 2. The van der Waals surface area contributed by atoms with Gasteiger partial charge in [0.05, 0.1) is 5.69 Å². The van der Waals surface area contributed by atoms with E-state index in [-0.39, 0.29) is 11.3 Å². The van der Waals surface area contributed by atoms with Gasteiger partial charge in [-0.2, -0.15) is 0 Å². The second-order valence-corrected chi connectivity index (χ2v) is 8.50. The molecule has 0 aliphatic rings. The Kier molecular flexibility index (Phi) is 7.88. The van der Waals surface area contributed by atoms with Crippen LogP contribution in [0, 0.1) is 0 Å². The maximum absolute atomic E-state index is 12.6. The van der Waals surface area contributed by atoms with Gasteiger partial charge in [-0.3, -0.25) is 9.59 Å². The van der Waals surface area contributed by atoms with Crippen LogP contribution >= 0.6 is 0 Å². The van der Waals surface area contributed by atoms with E-state index >= 15 is 0 Å². The summed E-state index contributed by atoms with van der Waals surface area (Å²) in [6, 6.07) is 3.66. The Morgan fingerprint density at radius 3 is 1.90 bits per heavy atom. The van der Waals surface area contributed by atoms with E-state index in [1.54, 1.807) is 41.5 Å². The van der Waals surface area contributed by atoms with Crippen LogP contribution in [-0.2, 0) is 14.3 Å². The molecule has 11 heteroatoms. The third-order valence-electron chi connectivity index (χ3n) is 3.30. The number of carbonyl (C=O) groups excluding carboxylic acids is 3. The summed E-state index contributed by atoms with van der Waals surface area (Å²) in [6.45, 7) is 9.62. The van der Waals surface area contributed by atoms with Crippen LogP contribution in [0.2, 0.25) is 0 Å². The first-order valence-corrected chi connectivity index (χ1v) is 9.25. The van der Waals surface area contributed by atoms with Gasteiger partial charge in [0.1, 0.15) is 11.2 Å². The highest BCUT2D eigenvalue weighted by molar-refractivity contribution is 6.12. The fourth-order valence-corrected chi connectivity index (χ4v) is 2.08. The predicted molar refractivity (Wildman–Crippen MR) is 112 cm³/mol. The summed E-state index contributed by atoms with van der Waals surface area (Å²) in [7, 11) is 0. The average Bonchev–Trinajstić information content (AvgIpc) is 2.57. The molecule has 0 saturated carbocycles. The Morgan fingerprint density at radius 1 is 1.00 bits per heavy atom. The maximum Gasteiger partial charge on any atom is 0.427 e. The lowest BCUT2D eigenvalue weighted by atomic mass is 10.0. The average molecular weight is 436 g/mol. The number of aliphatic imine (C=N–C) groups is 1. The van der Waals surface area contributed by atoms with Gasteiger partial charge in [0, 0.05) is 5.56 Å². The molecule has 0 aliphatic carbocycles. The second-order valence-electron chi connectivity index (χ2n) is 8.50. The van der Waals surface area contributed by atoms with Gasteiger partial charge in [0.15, 0.2) is 11.8 Å². The quantitative estimate of drug-likeness (QED) is 0.277. The molecule has 0 aliphatic heterocycles. The minimum Gasteiger partial charge on any atom is -0.480 e. The first kappa shape index (κ1) is 25.6. The number of ketones is 1. The third kappa shape index (κ3) is 8.05. The summed E-state index contributed by atoms with van der Waals surface area (Å²) >= 11 is 0. The molecule has 0 saturated heterocycles. The van der Waals surface area contributed by atoms with Gasteiger partial charge in [-0.25, -0.2) is 14.6 Å². The van der Waals surface area contributed by atoms with E-state index in [1.165, 1.54) is 24.3 Å². The first-order valence-electron chi connectivity index (χ1n) is 9.25. The number of imide groups is 1. The molecule has 1 rings (SSSR count). The molecule has 1 atom stereocenters. The SMILES string of the molecule is CC(C)(C)OC(=O)N(C(=O)OC(C)(C)C)C(N)=Nc1cccc(C(=O)C(N)C(=O)O)c1. The van der Waals surface area contributed by atoms with Crippen molar-refractivity contribution in [3.8, 4) is 0 Å². The van der Waals surface area contributed by atoms with E-state index in [4.69, 9.17) is 26.0 Å². The molecular weight excluding hydrogens is 408 g/mol. The summed E-state index contributed by atoms with van der Waals surface area (Å²) in [5.74, 6) is -2.91. The fourth-order valence-electron chi connectivity index (χ4n) is 2.08. The molecule has 2 amide bonds. The lowest BCUT2D eigenvalue weighted by Crippen LogP contribution is -2.49. The highest BCUT2D eigenvalue weighted by Gasteiger charge is 2.34. The molecule has 11 nitrogen and oxygen atoms in total. The number of nitrogens with zero attached hydrogens (tertiary/aromatic N) is 2. The van der Waals surface area contributed by atoms with E-state index in [0.29, 0.717) is 4.90 Å². The number of Topliss-reactive ketones (excluding diaryl/α,β-unsaturated/α-hetero) is 1. The molecule has 170 valence electrons. The Morgan fingerprint density at radius 2 is 1.48 bits per heavy atom. The normalized spacial score (nSPS) is 13.2. The number of carboxylic acids is 1. The van der Waals surface area contributed by atoms with Gasteiger partial charge >= 0.3 is 18.2 Å². The minimum atomic E-state index is -1.75. The molecule has 1 unspecified atom stereocenters. The predicted octanol–water partition coefficient (Wildman–Crippen LogP) is 2.40. The van der Waals surface area contributed by atoms with E-state index in [9.17, 15) is 19.2 Å². The van der Waals surface area contributed by atoms with Crippen molar-refractivity contribution in [3.05, 3.63) is 29.8 Å². The highest BCUT2D eigenvalue weighted by atomic mass is 16.6. The van der Waals surface area contributed by atoms with Crippen LogP contribution in [0.1, 0.15) is 51.9 Å². The Balaban J connectivity index is 3.33. The summed E-state index contributed by atoms with van der Waals surface area (Å²) in [5.41, 5.74) is 9.41. The number of carbonyl (C=O) groups is 4. The van der Waals surface area contributed by atoms with E-state index < -0.39 is 47.1 Å². The van der Waals surface area contributed by atoms with Crippen LogP contribution in [0.3, 0.4) is 0 Å².